The van der Waals surface area contributed by atoms with Gasteiger partial charge in [0.05, 0.1) is 6.61 Å². The third-order valence-corrected chi connectivity index (χ3v) is 4.43. The van der Waals surface area contributed by atoms with Crippen LogP contribution in [0.3, 0.4) is 0 Å². The summed E-state index contributed by atoms with van der Waals surface area (Å²) < 4.78 is 5.38. The van der Waals surface area contributed by atoms with E-state index in [1.165, 1.54) is 0 Å². The zero-order valence-electron chi connectivity index (χ0n) is 12.4. The molecule has 1 aliphatic rings. The van der Waals surface area contributed by atoms with Gasteiger partial charge < -0.3 is 9.72 Å². The first kappa shape index (κ1) is 13.9. The molecule has 0 saturated heterocycles. The van der Waals surface area contributed by atoms with E-state index in [-0.39, 0.29) is 5.97 Å². The number of aromatic nitrogens is 1. The maximum atomic E-state index is 12.6. The number of rotatable bonds is 4. The third kappa shape index (κ3) is 2.37. The van der Waals surface area contributed by atoms with Gasteiger partial charge in [0.1, 0.15) is 5.41 Å². The Morgan fingerprint density at radius 3 is 2.57 bits per heavy atom. The highest BCUT2D eigenvalue weighted by Gasteiger charge is 2.46. The van der Waals surface area contributed by atoms with Crippen LogP contribution in [0.4, 0.5) is 0 Å². The minimum Gasteiger partial charge on any atom is -0.465 e. The molecule has 1 aromatic heterocycles. The van der Waals surface area contributed by atoms with Gasteiger partial charge in [0, 0.05) is 17.5 Å². The van der Waals surface area contributed by atoms with Crippen LogP contribution in [0.1, 0.15) is 38.3 Å². The lowest BCUT2D eigenvalue weighted by Gasteiger charge is -2.27. The lowest BCUT2D eigenvalue weighted by atomic mass is 9.80. The topological polar surface area (TPSA) is 42.1 Å². The van der Waals surface area contributed by atoms with Crippen molar-refractivity contribution in [2.24, 2.45) is 0 Å². The van der Waals surface area contributed by atoms with Gasteiger partial charge in [-0.15, -0.1) is 0 Å². The van der Waals surface area contributed by atoms with Crippen LogP contribution in [0.5, 0.6) is 0 Å². The summed E-state index contributed by atoms with van der Waals surface area (Å²) in [6.45, 7) is 2.30. The summed E-state index contributed by atoms with van der Waals surface area (Å²) in [5.74, 6) is -0.0814. The second kappa shape index (κ2) is 5.76. The van der Waals surface area contributed by atoms with Crippen molar-refractivity contribution in [2.45, 2.75) is 38.0 Å². The number of carbonyl (C=O) groups is 1. The first-order chi connectivity index (χ1) is 10.3. The molecule has 0 bridgehead atoms. The minimum absolute atomic E-state index is 0.0814. The van der Waals surface area contributed by atoms with Gasteiger partial charge in [0.15, 0.2) is 0 Å². The van der Waals surface area contributed by atoms with Crippen LogP contribution in [0.25, 0.3) is 11.1 Å². The van der Waals surface area contributed by atoms with Crippen LogP contribution in [0.2, 0.25) is 0 Å². The molecule has 1 fully saturated rings. The summed E-state index contributed by atoms with van der Waals surface area (Å²) in [6, 6.07) is 12.3. The SMILES string of the molecule is CCOC(=O)C1(c2[nH]ccc2-c2ccccc2)CCCC1. The highest BCUT2D eigenvalue weighted by atomic mass is 16.5. The number of hydrogen-bond acceptors (Lipinski definition) is 2. The van der Waals surface area contributed by atoms with Crippen LogP contribution in [-0.2, 0) is 14.9 Å². The van der Waals surface area contributed by atoms with Crippen LogP contribution in [0.15, 0.2) is 42.6 Å². The number of esters is 1. The Bertz CT molecular complexity index is 609. The van der Waals surface area contributed by atoms with Gasteiger partial charge in [-0.05, 0) is 31.4 Å². The number of aromatic amines is 1. The van der Waals surface area contributed by atoms with Gasteiger partial charge in [-0.1, -0.05) is 43.2 Å². The molecule has 3 heteroatoms. The molecule has 110 valence electrons. The molecule has 3 rings (SSSR count). The molecular weight excluding hydrogens is 262 g/mol. The predicted molar refractivity (Wildman–Crippen MR) is 83.0 cm³/mol. The molecule has 0 amide bonds. The Labute approximate surface area is 125 Å². The Balaban J connectivity index is 2.06. The molecule has 0 atom stereocenters. The van der Waals surface area contributed by atoms with Crippen molar-refractivity contribution in [3.05, 3.63) is 48.3 Å². The van der Waals surface area contributed by atoms with Crippen molar-refractivity contribution < 1.29 is 9.53 Å². The molecule has 3 nitrogen and oxygen atoms in total. The molecule has 1 N–H and O–H groups in total. The van der Waals surface area contributed by atoms with Crippen LogP contribution in [-0.4, -0.2) is 17.6 Å². The normalized spacial score (nSPS) is 16.8. The van der Waals surface area contributed by atoms with Gasteiger partial charge in [-0.3, -0.25) is 4.79 Å². The van der Waals surface area contributed by atoms with E-state index in [0.717, 1.165) is 42.5 Å². The molecular formula is C18H21NO2. The molecule has 0 spiro atoms. The van der Waals surface area contributed by atoms with Crippen LogP contribution >= 0.6 is 0 Å². The molecule has 1 saturated carbocycles. The van der Waals surface area contributed by atoms with E-state index in [0.29, 0.717) is 6.61 Å². The van der Waals surface area contributed by atoms with Crippen molar-refractivity contribution in [3.63, 3.8) is 0 Å². The van der Waals surface area contributed by atoms with E-state index in [1.807, 2.05) is 31.3 Å². The Hall–Kier alpha value is -2.03. The van der Waals surface area contributed by atoms with Gasteiger partial charge in [0.2, 0.25) is 0 Å². The van der Waals surface area contributed by atoms with Gasteiger partial charge >= 0.3 is 5.97 Å². The predicted octanol–water partition coefficient (Wildman–Crippen LogP) is 4.06. The van der Waals surface area contributed by atoms with E-state index in [4.69, 9.17) is 4.74 Å². The van der Waals surface area contributed by atoms with Crippen molar-refractivity contribution in [1.29, 1.82) is 0 Å². The Kier molecular flexibility index (Phi) is 3.82. The Morgan fingerprint density at radius 1 is 1.19 bits per heavy atom. The first-order valence-electron chi connectivity index (χ1n) is 7.68. The molecule has 0 aliphatic heterocycles. The summed E-state index contributed by atoms with van der Waals surface area (Å²) >= 11 is 0. The van der Waals surface area contributed by atoms with E-state index >= 15 is 0 Å². The Morgan fingerprint density at radius 2 is 1.90 bits per heavy atom. The van der Waals surface area contributed by atoms with Crippen LogP contribution < -0.4 is 0 Å². The second-order valence-corrected chi connectivity index (χ2v) is 5.64. The summed E-state index contributed by atoms with van der Waals surface area (Å²) in [7, 11) is 0. The summed E-state index contributed by atoms with van der Waals surface area (Å²) in [6.07, 6.45) is 5.81. The van der Waals surface area contributed by atoms with E-state index in [1.54, 1.807) is 0 Å². The van der Waals surface area contributed by atoms with Crippen molar-refractivity contribution in [2.75, 3.05) is 6.61 Å². The van der Waals surface area contributed by atoms with Crippen molar-refractivity contribution in [3.8, 4) is 11.1 Å². The van der Waals surface area contributed by atoms with E-state index < -0.39 is 5.41 Å². The van der Waals surface area contributed by atoms with Crippen molar-refractivity contribution >= 4 is 5.97 Å². The zero-order chi connectivity index (χ0) is 14.7. The first-order valence-corrected chi connectivity index (χ1v) is 7.68. The number of nitrogens with one attached hydrogen (secondary N) is 1. The van der Waals surface area contributed by atoms with Gasteiger partial charge in [-0.2, -0.15) is 0 Å². The highest BCUT2D eigenvalue weighted by molar-refractivity contribution is 5.86. The zero-order valence-corrected chi connectivity index (χ0v) is 12.4. The van der Waals surface area contributed by atoms with E-state index in [9.17, 15) is 4.79 Å². The largest absolute Gasteiger partial charge is 0.465 e. The fourth-order valence-electron chi connectivity index (χ4n) is 3.43. The van der Waals surface area contributed by atoms with Gasteiger partial charge in [0.25, 0.3) is 0 Å². The molecule has 1 heterocycles. The average molecular weight is 283 g/mol. The smallest absolute Gasteiger partial charge is 0.318 e. The maximum Gasteiger partial charge on any atom is 0.318 e. The number of benzene rings is 1. The molecule has 1 aromatic carbocycles. The standard InChI is InChI=1S/C18H21NO2/c1-2-21-17(20)18(11-6-7-12-18)16-15(10-13-19-16)14-8-4-3-5-9-14/h3-5,8-10,13,19H,2,6-7,11-12H2,1H3. The maximum absolute atomic E-state index is 12.6. The number of H-pyrrole nitrogens is 1. The molecule has 21 heavy (non-hydrogen) atoms. The quantitative estimate of drug-likeness (QED) is 0.860. The summed E-state index contributed by atoms with van der Waals surface area (Å²) in [4.78, 5) is 15.9. The fraction of sp³-hybridized carbons (Fsp3) is 0.389. The molecule has 1 aliphatic carbocycles. The monoisotopic (exact) mass is 283 g/mol. The summed E-state index contributed by atoms with van der Waals surface area (Å²) in [5.41, 5.74) is 2.78. The number of carbonyl (C=O) groups excluding carboxylic acids is 1. The lowest BCUT2D eigenvalue weighted by molar-refractivity contribution is -0.150. The molecule has 0 unspecified atom stereocenters. The lowest BCUT2D eigenvalue weighted by Crippen LogP contribution is -2.35. The van der Waals surface area contributed by atoms with Gasteiger partial charge in [-0.25, -0.2) is 0 Å². The van der Waals surface area contributed by atoms with Crippen LogP contribution in [0, 0.1) is 0 Å². The third-order valence-electron chi connectivity index (χ3n) is 4.43. The molecule has 0 radical (unpaired) electrons. The number of hydrogen-bond donors (Lipinski definition) is 1. The highest BCUT2D eigenvalue weighted by Crippen LogP contribution is 2.45. The van der Waals surface area contributed by atoms with E-state index in [2.05, 4.69) is 23.2 Å². The summed E-state index contributed by atoms with van der Waals surface area (Å²) in [5, 5.41) is 0. The molecule has 2 aromatic rings. The second-order valence-electron chi connectivity index (χ2n) is 5.64. The fourth-order valence-corrected chi connectivity index (χ4v) is 3.43. The minimum atomic E-state index is -0.495. The average Bonchev–Trinajstić information content (AvgIpc) is 3.18. The number of ether oxygens (including phenoxy) is 1. The van der Waals surface area contributed by atoms with Crippen molar-refractivity contribution in [1.82, 2.24) is 4.98 Å².